The van der Waals surface area contributed by atoms with Crippen LogP contribution in [0.1, 0.15) is 0 Å². The van der Waals surface area contributed by atoms with E-state index in [4.69, 9.17) is 9.47 Å². The van der Waals surface area contributed by atoms with Crippen LogP contribution in [-0.4, -0.2) is 19.1 Å². The van der Waals surface area contributed by atoms with Gasteiger partial charge in [-0.3, -0.25) is 4.79 Å². The second kappa shape index (κ2) is 9.83. The van der Waals surface area contributed by atoms with Crippen LogP contribution in [0, 0.1) is 0 Å². The van der Waals surface area contributed by atoms with E-state index in [-0.39, 0.29) is 12.5 Å². The molecule has 3 aromatic rings. The maximum absolute atomic E-state index is 12.2. The molecule has 5 heteroatoms. The van der Waals surface area contributed by atoms with Crippen LogP contribution in [0.2, 0.25) is 0 Å². The lowest BCUT2D eigenvalue weighted by atomic mass is 10.2. The minimum absolute atomic E-state index is 0.134. The molecule has 5 nitrogen and oxygen atoms in total. The summed E-state index contributed by atoms with van der Waals surface area (Å²) in [5.74, 6) is 1.95. The van der Waals surface area contributed by atoms with Gasteiger partial charge in [0.1, 0.15) is 23.9 Å². The van der Waals surface area contributed by atoms with Crippen LogP contribution in [-0.2, 0) is 4.79 Å². The van der Waals surface area contributed by atoms with Crippen molar-refractivity contribution in [3.05, 3.63) is 91.5 Å². The number of para-hydroxylation sites is 3. The molecule has 142 valence electrons. The van der Waals surface area contributed by atoms with E-state index >= 15 is 0 Å². The van der Waals surface area contributed by atoms with Crippen molar-refractivity contribution in [1.82, 2.24) is 0 Å². The molecule has 0 atom stereocenters. The van der Waals surface area contributed by atoms with Crippen molar-refractivity contribution in [2.24, 2.45) is 0 Å². The molecule has 0 aromatic heterocycles. The fraction of sp³-hybridized carbons (Fsp3) is 0.0870. The summed E-state index contributed by atoms with van der Waals surface area (Å²) >= 11 is 0. The third-order valence-corrected chi connectivity index (χ3v) is 3.80. The molecule has 0 saturated carbocycles. The summed E-state index contributed by atoms with van der Waals surface area (Å²) in [5, 5.41) is 5.94. The Labute approximate surface area is 164 Å². The van der Waals surface area contributed by atoms with E-state index in [2.05, 4.69) is 17.2 Å². The number of nitrogens with one attached hydrogen (secondary N) is 2. The maximum Gasteiger partial charge on any atom is 0.243 e. The lowest BCUT2D eigenvalue weighted by Gasteiger charge is -2.12. The van der Waals surface area contributed by atoms with Crippen LogP contribution >= 0.6 is 0 Å². The Balaban J connectivity index is 1.51. The van der Waals surface area contributed by atoms with E-state index in [9.17, 15) is 4.79 Å². The third kappa shape index (κ3) is 5.64. The first kappa shape index (κ1) is 19.0. The molecule has 3 aromatic carbocycles. The summed E-state index contributed by atoms with van der Waals surface area (Å²) in [6.45, 7) is 4.14. The van der Waals surface area contributed by atoms with E-state index < -0.39 is 0 Å². The molecule has 0 spiro atoms. The van der Waals surface area contributed by atoms with Crippen LogP contribution in [0.15, 0.2) is 91.5 Å². The predicted molar refractivity (Wildman–Crippen MR) is 112 cm³/mol. The summed E-state index contributed by atoms with van der Waals surface area (Å²) in [5.41, 5.74) is 1.45. The molecule has 0 aliphatic rings. The number of ether oxygens (including phenoxy) is 2. The molecular formula is C23H22N2O3. The summed E-state index contributed by atoms with van der Waals surface area (Å²) in [6.07, 6.45) is 1.66. The number of carbonyl (C=O) groups excluding carboxylic acids is 1. The van der Waals surface area contributed by atoms with Crippen LogP contribution in [0.3, 0.4) is 0 Å². The lowest BCUT2D eigenvalue weighted by Crippen LogP contribution is -2.22. The second-order valence-electron chi connectivity index (χ2n) is 5.94. The largest absolute Gasteiger partial charge is 0.487 e. The van der Waals surface area contributed by atoms with Gasteiger partial charge in [0.2, 0.25) is 5.91 Å². The van der Waals surface area contributed by atoms with Gasteiger partial charge < -0.3 is 20.1 Å². The van der Waals surface area contributed by atoms with Crippen molar-refractivity contribution in [1.29, 1.82) is 0 Å². The average Bonchev–Trinajstić information content (AvgIpc) is 2.73. The molecule has 0 unspecified atom stereocenters. The van der Waals surface area contributed by atoms with Gasteiger partial charge in [0.05, 0.1) is 12.2 Å². The zero-order chi connectivity index (χ0) is 19.6. The quantitative estimate of drug-likeness (QED) is 0.512. The molecule has 3 rings (SSSR count). The number of anilines is 2. The van der Waals surface area contributed by atoms with Gasteiger partial charge in [-0.1, -0.05) is 43.0 Å². The standard InChI is InChI=1S/C23H22N2O3/c1-2-16-27-22-11-7-6-10-21(22)25-23(26)17-24-18-12-14-20(15-13-18)28-19-8-4-3-5-9-19/h2-15,24H,1,16-17H2,(H,25,26). The normalized spacial score (nSPS) is 10.0. The Bertz CT molecular complexity index is 909. The first-order valence-corrected chi connectivity index (χ1v) is 8.94. The van der Waals surface area contributed by atoms with E-state index in [1.165, 1.54) is 0 Å². The number of rotatable bonds is 9. The van der Waals surface area contributed by atoms with Crippen molar-refractivity contribution < 1.29 is 14.3 Å². The molecule has 2 N–H and O–H groups in total. The third-order valence-electron chi connectivity index (χ3n) is 3.80. The van der Waals surface area contributed by atoms with Gasteiger partial charge in [-0.15, -0.1) is 0 Å². The minimum atomic E-state index is -0.167. The SMILES string of the molecule is C=CCOc1ccccc1NC(=O)CNc1ccc(Oc2ccccc2)cc1. The average molecular weight is 374 g/mol. The van der Waals surface area contributed by atoms with Crippen molar-refractivity contribution in [3.8, 4) is 17.2 Å². The fourth-order valence-corrected chi connectivity index (χ4v) is 2.49. The van der Waals surface area contributed by atoms with Crippen molar-refractivity contribution in [2.75, 3.05) is 23.8 Å². The molecule has 28 heavy (non-hydrogen) atoms. The molecule has 0 fully saturated rings. The number of amides is 1. The van der Waals surface area contributed by atoms with Crippen LogP contribution in [0.4, 0.5) is 11.4 Å². The Morgan fingerprint density at radius 1 is 0.893 bits per heavy atom. The van der Waals surface area contributed by atoms with Gasteiger partial charge in [0, 0.05) is 5.69 Å². The number of hydrogen-bond donors (Lipinski definition) is 2. The van der Waals surface area contributed by atoms with Gasteiger partial charge in [0.25, 0.3) is 0 Å². The van der Waals surface area contributed by atoms with E-state index in [1.54, 1.807) is 18.2 Å². The van der Waals surface area contributed by atoms with Gasteiger partial charge >= 0.3 is 0 Å². The molecule has 0 radical (unpaired) electrons. The molecule has 1 amide bonds. The highest BCUT2D eigenvalue weighted by atomic mass is 16.5. The van der Waals surface area contributed by atoms with Gasteiger partial charge in [-0.05, 0) is 48.5 Å². The van der Waals surface area contributed by atoms with Gasteiger partial charge in [-0.25, -0.2) is 0 Å². The topological polar surface area (TPSA) is 59.6 Å². The lowest BCUT2D eigenvalue weighted by molar-refractivity contribution is -0.114. The summed E-state index contributed by atoms with van der Waals surface area (Å²) < 4.78 is 11.3. The van der Waals surface area contributed by atoms with Crippen molar-refractivity contribution >= 4 is 17.3 Å². The van der Waals surface area contributed by atoms with E-state index in [1.807, 2.05) is 66.7 Å². The minimum Gasteiger partial charge on any atom is -0.487 e. The highest BCUT2D eigenvalue weighted by molar-refractivity contribution is 5.95. The molecule has 0 aliphatic heterocycles. The monoisotopic (exact) mass is 374 g/mol. The number of hydrogen-bond acceptors (Lipinski definition) is 4. The van der Waals surface area contributed by atoms with Crippen molar-refractivity contribution in [3.63, 3.8) is 0 Å². The summed E-state index contributed by atoms with van der Waals surface area (Å²) in [6, 6.07) is 24.3. The van der Waals surface area contributed by atoms with Crippen LogP contribution in [0.25, 0.3) is 0 Å². The van der Waals surface area contributed by atoms with E-state index in [0.717, 1.165) is 17.2 Å². The van der Waals surface area contributed by atoms with E-state index in [0.29, 0.717) is 18.0 Å². The zero-order valence-electron chi connectivity index (χ0n) is 15.4. The molecule has 0 aliphatic carbocycles. The smallest absolute Gasteiger partial charge is 0.243 e. The first-order valence-electron chi connectivity index (χ1n) is 8.94. The Hall–Kier alpha value is -3.73. The number of benzene rings is 3. The summed E-state index contributed by atoms with van der Waals surface area (Å²) in [7, 11) is 0. The predicted octanol–water partition coefficient (Wildman–Crippen LogP) is 5.09. The van der Waals surface area contributed by atoms with Crippen LogP contribution in [0.5, 0.6) is 17.2 Å². The van der Waals surface area contributed by atoms with Gasteiger partial charge in [0.15, 0.2) is 0 Å². The Morgan fingerprint density at radius 3 is 2.32 bits per heavy atom. The van der Waals surface area contributed by atoms with Crippen molar-refractivity contribution in [2.45, 2.75) is 0 Å². The highest BCUT2D eigenvalue weighted by Gasteiger charge is 2.07. The molecule has 0 saturated heterocycles. The second-order valence-corrected chi connectivity index (χ2v) is 5.94. The molecular weight excluding hydrogens is 352 g/mol. The fourth-order valence-electron chi connectivity index (χ4n) is 2.49. The maximum atomic E-state index is 12.2. The Morgan fingerprint density at radius 2 is 1.57 bits per heavy atom. The van der Waals surface area contributed by atoms with Gasteiger partial charge in [-0.2, -0.15) is 0 Å². The highest BCUT2D eigenvalue weighted by Crippen LogP contribution is 2.24. The Kier molecular flexibility index (Phi) is 6.68. The molecule has 0 heterocycles. The summed E-state index contributed by atoms with van der Waals surface area (Å²) in [4.78, 5) is 12.2. The number of carbonyl (C=O) groups is 1. The van der Waals surface area contributed by atoms with Crippen LogP contribution < -0.4 is 20.1 Å². The first-order chi connectivity index (χ1) is 13.7. The zero-order valence-corrected chi connectivity index (χ0v) is 15.4. The molecule has 0 bridgehead atoms.